The van der Waals surface area contributed by atoms with Crippen molar-refractivity contribution in [2.45, 2.75) is 6.61 Å². The number of methoxy groups -OCH3 is 1. The lowest BCUT2D eigenvalue weighted by atomic mass is 10.2. The molecule has 29 heavy (non-hydrogen) atoms. The van der Waals surface area contributed by atoms with Crippen molar-refractivity contribution < 1.29 is 14.3 Å². The average Bonchev–Trinajstić information content (AvgIpc) is 2.73. The largest absolute Gasteiger partial charge is 0.493 e. The van der Waals surface area contributed by atoms with Gasteiger partial charge in [-0.3, -0.25) is 4.79 Å². The summed E-state index contributed by atoms with van der Waals surface area (Å²) in [6.45, 7) is 0.416. The van der Waals surface area contributed by atoms with E-state index in [1.807, 2.05) is 36.4 Å². The van der Waals surface area contributed by atoms with Crippen LogP contribution in [0.4, 0.5) is 0 Å². The Morgan fingerprint density at radius 2 is 1.93 bits per heavy atom. The first-order valence-corrected chi connectivity index (χ1v) is 9.87. The maximum absolute atomic E-state index is 12.1. The van der Waals surface area contributed by atoms with Gasteiger partial charge in [-0.05, 0) is 57.4 Å². The van der Waals surface area contributed by atoms with Gasteiger partial charge in [0.15, 0.2) is 11.5 Å². The highest BCUT2D eigenvalue weighted by Gasteiger charge is 2.12. The SMILES string of the molecule is COc1cc(/C=N/NC(=O)c2cccc(Cl)c2)cc(Br)c1OCc1ccccc1. The zero-order valence-electron chi connectivity index (χ0n) is 15.6. The van der Waals surface area contributed by atoms with Crippen LogP contribution in [0.2, 0.25) is 5.02 Å². The number of nitrogens with zero attached hydrogens (tertiary/aromatic N) is 1. The molecule has 0 aromatic heterocycles. The van der Waals surface area contributed by atoms with Crippen LogP contribution in [0, 0.1) is 0 Å². The molecule has 0 aliphatic rings. The van der Waals surface area contributed by atoms with Crippen LogP contribution in [-0.2, 0) is 6.61 Å². The van der Waals surface area contributed by atoms with Crippen LogP contribution in [0.1, 0.15) is 21.5 Å². The van der Waals surface area contributed by atoms with Gasteiger partial charge < -0.3 is 9.47 Å². The number of hydrogen-bond acceptors (Lipinski definition) is 4. The normalized spacial score (nSPS) is 10.7. The van der Waals surface area contributed by atoms with Gasteiger partial charge in [0.2, 0.25) is 0 Å². The minimum absolute atomic E-state index is 0.349. The summed E-state index contributed by atoms with van der Waals surface area (Å²) in [5.74, 6) is 0.798. The zero-order valence-corrected chi connectivity index (χ0v) is 17.9. The summed E-state index contributed by atoms with van der Waals surface area (Å²) >= 11 is 9.41. The number of hydrazone groups is 1. The molecule has 0 atom stereocenters. The van der Waals surface area contributed by atoms with Crippen LogP contribution < -0.4 is 14.9 Å². The Kier molecular flexibility index (Phi) is 7.27. The monoisotopic (exact) mass is 472 g/mol. The first-order chi connectivity index (χ1) is 14.1. The fourth-order valence-corrected chi connectivity index (χ4v) is 3.31. The third-order valence-electron chi connectivity index (χ3n) is 3.94. The highest BCUT2D eigenvalue weighted by molar-refractivity contribution is 9.10. The van der Waals surface area contributed by atoms with Gasteiger partial charge in [-0.15, -0.1) is 0 Å². The Labute approximate surface area is 182 Å². The minimum Gasteiger partial charge on any atom is -0.493 e. The smallest absolute Gasteiger partial charge is 0.271 e. The number of nitrogens with one attached hydrogen (secondary N) is 1. The van der Waals surface area contributed by atoms with Crippen LogP contribution in [0.3, 0.4) is 0 Å². The summed E-state index contributed by atoms with van der Waals surface area (Å²) in [6.07, 6.45) is 1.52. The van der Waals surface area contributed by atoms with E-state index < -0.39 is 0 Å². The fourth-order valence-electron chi connectivity index (χ4n) is 2.54. The molecule has 0 aliphatic heterocycles. The maximum atomic E-state index is 12.1. The highest BCUT2D eigenvalue weighted by atomic mass is 79.9. The highest BCUT2D eigenvalue weighted by Crippen LogP contribution is 2.36. The van der Waals surface area contributed by atoms with Crippen molar-refractivity contribution in [3.63, 3.8) is 0 Å². The van der Waals surface area contributed by atoms with E-state index >= 15 is 0 Å². The minimum atomic E-state index is -0.349. The Hall–Kier alpha value is -2.83. The Morgan fingerprint density at radius 3 is 2.66 bits per heavy atom. The van der Waals surface area contributed by atoms with Crippen molar-refractivity contribution in [2.75, 3.05) is 7.11 Å². The van der Waals surface area contributed by atoms with Gasteiger partial charge in [0.05, 0.1) is 17.8 Å². The summed E-state index contributed by atoms with van der Waals surface area (Å²) in [5, 5.41) is 4.49. The number of hydrogen-bond donors (Lipinski definition) is 1. The quantitative estimate of drug-likeness (QED) is 0.366. The molecule has 1 amide bonds. The summed E-state index contributed by atoms with van der Waals surface area (Å²) in [5.41, 5.74) is 4.69. The second kappa shape index (κ2) is 10.1. The second-order valence-corrected chi connectivity index (χ2v) is 7.31. The second-order valence-electron chi connectivity index (χ2n) is 6.02. The molecule has 0 fully saturated rings. The number of carbonyl (C=O) groups excluding carboxylic acids is 1. The third kappa shape index (κ3) is 5.82. The number of halogens is 2. The lowest BCUT2D eigenvalue weighted by Gasteiger charge is -2.13. The van der Waals surface area contributed by atoms with Gasteiger partial charge in [-0.25, -0.2) is 5.43 Å². The van der Waals surface area contributed by atoms with Crippen LogP contribution >= 0.6 is 27.5 Å². The first-order valence-electron chi connectivity index (χ1n) is 8.70. The molecular weight excluding hydrogens is 456 g/mol. The van der Waals surface area contributed by atoms with E-state index in [1.165, 1.54) is 6.21 Å². The van der Waals surface area contributed by atoms with E-state index in [4.69, 9.17) is 21.1 Å². The molecule has 3 aromatic rings. The van der Waals surface area contributed by atoms with Gasteiger partial charge >= 0.3 is 0 Å². The lowest BCUT2D eigenvalue weighted by molar-refractivity contribution is 0.0955. The summed E-state index contributed by atoms with van der Waals surface area (Å²) in [6, 6.07) is 20.1. The lowest BCUT2D eigenvalue weighted by Crippen LogP contribution is -2.17. The molecule has 0 saturated carbocycles. The van der Waals surface area contributed by atoms with E-state index in [0.717, 1.165) is 15.6 Å². The average molecular weight is 474 g/mol. The van der Waals surface area contributed by atoms with Gasteiger partial charge in [0.1, 0.15) is 6.61 Å². The van der Waals surface area contributed by atoms with E-state index in [2.05, 4.69) is 26.5 Å². The molecule has 0 aliphatic carbocycles. The zero-order chi connectivity index (χ0) is 20.6. The maximum Gasteiger partial charge on any atom is 0.271 e. The van der Waals surface area contributed by atoms with Gasteiger partial charge in [-0.1, -0.05) is 48.0 Å². The molecular formula is C22H18BrClN2O3. The van der Waals surface area contributed by atoms with Crippen molar-refractivity contribution >= 4 is 39.7 Å². The van der Waals surface area contributed by atoms with Crippen molar-refractivity contribution in [3.8, 4) is 11.5 Å². The molecule has 3 aromatic carbocycles. The van der Waals surface area contributed by atoms with Gasteiger partial charge in [0.25, 0.3) is 5.91 Å². The van der Waals surface area contributed by atoms with Crippen molar-refractivity contribution in [2.24, 2.45) is 5.10 Å². The van der Waals surface area contributed by atoms with Crippen molar-refractivity contribution in [3.05, 3.63) is 92.9 Å². The molecule has 1 N–H and O–H groups in total. The predicted molar refractivity (Wildman–Crippen MR) is 118 cm³/mol. The topological polar surface area (TPSA) is 59.9 Å². The molecule has 0 radical (unpaired) electrons. The molecule has 3 rings (SSSR count). The van der Waals surface area contributed by atoms with E-state index in [9.17, 15) is 4.79 Å². The summed E-state index contributed by atoms with van der Waals surface area (Å²) in [4.78, 5) is 12.1. The Morgan fingerprint density at radius 1 is 1.14 bits per heavy atom. The third-order valence-corrected chi connectivity index (χ3v) is 4.77. The Bertz CT molecular complexity index is 1030. The molecule has 148 valence electrons. The van der Waals surface area contributed by atoms with E-state index in [0.29, 0.717) is 28.7 Å². The number of benzene rings is 3. The van der Waals surface area contributed by atoms with Gasteiger partial charge in [0, 0.05) is 10.6 Å². The summed E-state index contributed by atoms with van der Waals surface area (Å²) < 4.78 is 12.1. The van der Waals surface area contributed by atoms with Gasteiger partial charge in [-0.2, -0.15) is 5.10 Å². The number of rotatable bonds is 7. The fraction of sp³-hybridized carbons (Fsp3) is 0.0909. The molecule has 0 bridgehead atoms. The molecule has 0 heterocycles. The molecule has 0 saturated heterocycles. The van der Waals surface area contributed by atoms with E-state index in [1.54, 1.807) is 37.4 Å². The standard InChI is InChI=1S/C22H18BrClN2O3/c1-28-20-11-16(13-25-26-22(27)17-8-5-9-18(24)12-17)10-19(23)21(20)29-14-15-6-3-2-4-7-15/h2-13H,14H2,1H3,(H,26,27)/b25-13+. The molecule has 0 spiro atoms. The molecule has 5 nitrogen and oxygen atoms in total. The summed E-state index contributed by atoms with van der Waals surface area (Å²) in [7, 11) is 1.57. The van der Waals surface area contributed by atoms with Crippen LogP contribution in [0.25, 0.3) is 0 Å². The van der Waals surface area contributed by atoms with Crippen molar-refractivity contribution in [1.29, 1.82) is 0 Å². The predicted octanol–water partition coefficient (Wildman–Crippen LogP) is 5.45. The first kappa shape index (κ1) is 20.9. The van der Waals surface area contributed by atoms with Crippen LogP contribution in [-0.4, -0.2) is 19.2 Å². The van der Waals surface area contributed by atoms with Crippen molar-refractivity contribution in [1.82, 2.24) is 5.43 Å². The number of carbonyl (C=O) groups is 1. The molecule has 0 unspecified atom stereocenters. The number of ether oxygens (including phenoxy) is 2. The van der Waals surface area contributed by atoms with Crippen LogP contribution in [0.5, 0.6) is 11.5 Å². The Balaban J connectivity index is 1.69. The number of amides is 1. The van der Waals surface area contributed by atoms with Crippen LogP contribution in [0.15, 0.2) is 76.3 Å². The molecule has 7 heteroatoms. The van der Waals surface area contributed by atoms with E-state index in [-0.39, 0.29) is 5.91 Å².